The third kappa shape index (κ3) is 7.18. The van der Waals surface area contributed by atoms with Gasteiger partial charge in [-0.25, -0.2) is 8.42 Å². The van der Waals surface area contributed by atoms with Crippen LogP contribution in [-0.4, -0.2) is 41.4 Å². The van der Waals surface area contributed by atoms with Crippen molar-refractivity contribution in [3.05, 3.63) is 107 Å². The normalized spacial score (nSPS) is 14.9. The van der Waals surface area contributed by atoms with Gasteiger partial charge in [0, 0.05) is 17.7 Å². The highest BCUT2D eigenvalue weighted by atomic mass is 32.2. The maximum Gasteiger partial charge on any atom is 0.432 e. The second kappa shape index (κ2) is 13.3. The van der Waals surface area contributed by atoms with Crippen molar-refractivity contribution < 1.29 is 45.4 Å². The van der Waals surface area contributed by atoms with Gasteiger partial charge >= 0.3 is 12.1 Å². The number of carbonyl (C=O) groups excluding carboxylic acids is 2. The van der Waals surface area contributed by atoms with Gasteiger partial charge in [0.05, 0.1) is 17.6 Å². The molecule has 1 aliphatic heterocycles. The molecule has 0 aliphatic carbocycles. The van der Waals surface area contributed by atoms with Gasteiger partial charge in [-0.15, -0.1) is 5.10 Å². The summed E-state index contributed by atoms with van der Waals surface area (Å²) in [7, 11) is -4.62. The van der Waals surface area contributed by atoms with E-state index in [1.165, 1.54) is 18.2 Å². The van der Waals surface area contributed by atoms with Gasteiger partial charge in [-0.1, -0.05) is 74.5 Å². The van der Waals surface area contributed by atoms with Crippen molar-refractivity contribution in [2.75, 3.05) is 6.61 Å². The first kappa shape index (κ1) is 34.5. The van der Waals surface area contributed by atoms with E-state index in [1.54, 1.807) is 52.0 Å². The molecule has 0 fully saturated rings. The lowest BCUT2D eigenvalue weighted by molar-refractivity contribution is -0.156. The molecule has 3 aromatic carbocycles. The quantitative estimate of drug-likeness (QED) is 0.158. The molecular formula is C34H34F3N3O7S. The molecule has 1 atom stereocenters. The fourth-order valence-electron chi connectivity index (χ4n) is 5.08. The van der Waals surface area contributed by atoms with E-state index in [0.717, 1.165) is 5.56 Å². The maximum absolute atomic E-state index is 14.1. The molecule has 2 heterocycles. The molecule has 0 saturated heterocycles. The minimum atomic E-state index is -4.76. The van der Waals surface area contributed by atoms with Crippen LogP contribution in [0.15, 0.2) is 83.8 Å². The average molecular weight is 686 g/mol. The van der Waals surface area contributed by atoms with Crippen molar-refractivity contribution in [2.45, 2.75) is 63.9 Å². The molecule has 0 saturated carbocycles. The molecule has 48 heavy (non-hydrogen) atoms. The Labute approximate surface area is 275 Å². The number of benzene rings is 3. The maximum atomic E-state index is 14.1. The van der Waals surface area contributed by atoms with Crippen LogP contribution in [0.3, 0.4) is 0 Å². The summed E-state index contributed by atoms with van der Waals surface area (Å²) in [5.74, 6) is -2.08. The summed E-state index contributed by atoms with van der Waals surface area (Å²) in [5, 5.41) is 5.37. The third-order valence-corrected chi connectivity index (χ3v) is 9.58. The molecule has 1 aromatic heterocycles. The summed E-state index contributed by atoms with van der Waals surface area (Å²) < 4.78 is 85.6. The number of nitrogens with one attached hydrogen (secondary N) is 1. The van der Waals surface area contributed by atoms with Crippen LogP contribution in [0.5, 0.6) is 11.6 Å². The molecule has 14 heteroatoms. The number of amides is 1. The molecule has 4 aromatic rings. The number of sulfonamides is 1. The van der Waals surface area contributed by atoms with Gasteiger partial charge in [-0.05, 0) is 43.4 Å². The Morgan fingerprint density at radius 3 is 2.23 bits per heavy atom. The lowest BCUT2D eigenvalue weighted by atomic mass is 9.90. The fraction of sp³-hybridized carbons (Fsp3) is 0.324. The monoisotopic (exact) mass is 685 g/mol. The summed E-state index contributed by atoms with van der Waals surface area (Å²) in [4.78, 5) is 26.5. The molecule has 10 nitrogen and oxygen atoms in total. The van der Waals surface area contributed by atoms with E-state index in [-0.39, 0.29) is 47.3 Å². The number of alkyl halides is 3. The summed E-state index contributed by atoms with van der Waals surface area (Å²) in [6.45, 7) is 7.13. The van der Waals surface area contributed by atoms with Gasteiger partial charge in [0.25, 0.3) is 15.9 Å². The molecule has 5 rings (SSSR count). The summed E-state index contributed by atoms with van der Waals surface area (Å²) in [6, 6.07) is 20.4. The van der Waals surface area contributed by atoms with Gasteiger partial charge in [0.15, 0.2) is 0 Å². The Bertz CT molecular complexity index is 1890. The van der Waals surface area contributed by atoms with Crippen molar-refractivity contribution in [3.63, 3.8) is 0 Å². The fourth-order valence-corrected chi connectivity index (χ4v) is 6.74. The molecule has 0 spiro atoms. The SMILES string of the molecule is CC(C)c1cc(OCCC(C)(C)C(=O)OCc2ccccc2)cc2c1C(=O)N(C(Oc1cc(C(F)(F)F)[nH]n1)c1ccccc1)S2(=O)=O. The number of nitrogens with zero attached hydrogens (tertiary/aromatic N) is 2. The molecule has 1 N–H and O–H groups in total. The van der Waals surface area contributed by atoms with E-state index in [9.17, 15) is 31.2 Å². The third-order valence-electron chi connectivity index (χ3n) is 7.83. The van der Waals surface area contributed by atoms with Gasteiger partial charge < -0.3 is 14.2 Å². The Kier molecular flexibility index (Phi) is 9.58. The van der Waals surface area contributed by atoms with Crippen molar-refractivity contribution in [1.82, 2.24) is 14.5 Å². The number of rotatable bonds is 12. The van der Waals surface area contributed by atoms with Crippen molar-refractivity contribution in [1.29, 1.82) is 0 Å². The topological polar surface area (TPSA) is 128 Å². The molecule has 0 bridgehead atoms. The number of fused-ring (bicyclic) bond motifs is 1. The first-order valence-corrected chi connectivity index (χ1v) is 16.5. The standard InChI is InChI=1S/C34H34F3N3O7S/c1-21(2)25-17-24(45-16-15-33(3,4)32(42)46-20-22-11-7-5-8-12-22)18-26-29(25)30(41)40(48(26,43)44)31(23-13-9-6-10-14-23)47-28-19-27(38-39-28)34(35,36)37/h5-14,17-19,21,31H,15-16,20H2,1-4H3,(H,38,39). The Morgan fingerprint density at radius 2 is 1.62 bits per heavy atom. The van der Waals surface area contributed by atoms with E-state index in [4.69, 9.17) is 14.2 Å². The van der Waals surface area contributed by atoms with E-state index in [0.29, 0.717) is 15.9 Å². The number of aromatic amines is 1. The van der Waals surface area contributed by atoms with Crippen LogP contribution in [0.25, 0.3) is 0 Å². The minimum Gasteiger partial charge on any atom is -0.494 e. The highest BCUT2D eigenvalue weighted by molar-refractivity contribution is 7.90. The predicted octanol–water partition coefficient (Wildman–Crippen LogP) is 7.01. The highest BCUT2D eigenvalue weighted by Gasteiger charge is 2.49. The van der Waals surface area contributed by atoms with Crippen LogP contribution < -0.4 is 9.47 Å². The van der Waals surface area contributed by atoms with E-state index >= 15 is 0 Å². The Hall–Kier alpha value is -4.85. The number of carbonyl (C=O) groups is 2. The predicted molar refractivity (Wildman–Crippen MR) is 167 cm³/mol. The van der Waals surface area contributed by atoms with Gasteiger partial charge in [0.2, 0.25) is 12.1 Å². The number of esters is 1. The molecule has 1 unspecified atom stereocenters. The number of H-pyrrole nitrogens is 1. The summed E-state index contributed by atoms with van der Waals surface area (Å²) >= 11 is 0. The molecule has 254 valence electrons. The number of ether oxygens (including phenoxy) is 3. The van der Waals surface area contributed by atoms with Crippen LogP contribution in [0.1, 0.15) is 79.0 Å². The number of hydrogen-bond acceptors (Lipinski definition) is 8. The number of halogens is 3. The zero-order valence-electron chi connectivity index (χ0n) is 26.6. The largest absolute Gasteiger partial charge is 0.494 e. The van der Waals surface area contributed by atoms with Crippen LogP contribution in [0, 0.1) is 5.41 Å². The number of hydrogen-bond donors (Lipinski definition) is 1. The molecular weight excluding hydrogens is 651 g/mol. The smallest absolute Gasteiger partial charge is 0.432 e. The molecule has 0 radical (unpaired) electrons. The Morgan fingerprint density at radius 1 is 0.979 bits per heavy atom. The second-order valence-electron chi connectivity index (χ2n) is 12.2. The van der Waals surface area contributed by atoms with Gasteiger partial charge in [0.1, 0.15) is 22.9 Å². The second-order valence-corrected chi connectivity index (χ2v) is 14.0. The van der Waals surface area contributed by atoms with E-state index in [2.05, 4.69) is 5.10 Å². The Balaban J connectivity index is 1.40. The van der Waals surface area contributed by atoms with Crippen LogP contribution in [0.2, 0.25) is 0 Å². The lowest BCUT2D eigenvalue weighted by Gasteiger charge is -2.26. The van der Waals surface area contributed by atoms with E-state index in [1.807, 2.05) is 35.4 Å². The van der Waals surface area contributed by atoms with Crippen molar-refractivity contribution >= 4 is 21.9 Å². The van der Waals surface area contributed by atoms with Crippen LogP contribution in [-0.2, 0) is 32.3 Å². The average Bonchev–Trinajstić information content (AvgIpc) is 3.60. The lowest BCUT2D eigenvalue weighted by Crippen LogP contribution is -2.37. The first-order chi connectivity index (χ1) is 22.6. The molecule has 1 aliphatic rings. The molecule has 1 amide bonds. The summed E-state index contributed by atoms with van der Waals surface area (Å²) in [6.07, 6.45) is -6.21. The van der Waals surface area contributed by atoms with E-state index < -0.39 is 51.3 Å². The van der Waals surface area contributed by atoms with Crippen molar-refractivity contribution in [3.8, 4) is 11.6 Å². The zero-order chi connectivity index (χ0) is 34.9. The highest BCUT2D eigenvalue weighted by Crippen LogP contribution is 2.43. The van der Waals surface area contributed by atoms with Gasteiger partial charge in [-0.2, -0.15) is 17.5 Å². The van der Waals surface area contributed by atoms with Gasteiger partial charge in [-0.3, -0.25) is 14.7 Å². The van der Waals surface area contributed by atoms with Crippen LogP contribution >= 0.6 is 0 Å². The summed E-state index contributed by atoms with van der Waals surface area (Å²) in [5.41, 5.74) is -0.820. The minimum absolute atomic E-state index is 0.0257. The number of aromatic nitrogens is 2. The van der Waals surface area contributed by atoms with Crippen molar-refractivity contribution in [2.24, 2.45) is 5.41 Å². The van der Waals surface area contributed by atoms with Crippen LogP contribution in [0.4, 0.5) is 13.2 Å². The zero-order valence-corrected chi connectivity index (χ0v) is 27.4. The first-order valence-electron chi connectivity index (χ1n) is 15.0.